The van der Waals surface area contributed by atoms with Crippen LogP contribution < -0.4 is 5.32 Å². The van der Waals surface area contributed by atoms with Gasteiger partial charge in [-0.15, -0.1) is 0 Å². The number of hydrogen-bond acceptors (Lipinski definition) is 3. The molecule has 2 aromatic rings. The molecule has 0 saturated carbocycles. The summed E-state index contributed by atoms with van der Waals surface area (Å²) in [6.07, 6.45) is 0. The summed E-state index contributed by atoms with van der Waals surface area (Å²) in [4.78, 5) is 38.2. The Morgan fingerprint density at radius 2 is 1.71 bits per heavy atom. The van der Waals surface area contributed by atoms with Crippen molar-refractivity contribution >= 4 is 29.3 Å². The summed E-state index contributed by atoms with van der Waals surface area (Å²) in [5.74, 6) is -0.770. The Morgan fingerprint density at radius 3 is 2.33 bits per heavy atom. The maximum Gasteiger partial charge on any atom is 0.325 e. The van der Waals surface area contributed by atoms with Gasteiger partial charge in [-0.25, -0.2) is 4.79 Å². The van der Waals surface area contributed by atoms with Crippen LogP contribution in [0.2, 0.25) is 5.02 Å². The van der Waals surface area contributed by atoms with Crippen molar-refractivity contribution < 1.29 is 14.4 Å². The van der Waals surface area contributed by atoms with Gasteiger partial charge in [-0.1, -0.05) is 41.9 Å². The summed E-state index contributed by atoms with van der Waals surface area (Å²) in [7, 11) is 0. The second kappa shape index (κ2) is 6.09. The van der Waals surface area contributed by atoms with Crippen molar-refractivity contribution in [1.82, 2.24) is 10.2 Å². The number of nitrogens with one attached hydrogen (secondary N) is 1. The highest BCUT2D eigenvalue weighted by molar-refractivity contribution is 6.30. The van der Waals surface area contributed by atoms with Crippen LogP contribution in [-0.2, 0) is 10.3 Å². The summed E-state index contributed by atoms with van der Waals surface area (Å²) in [5, 5.41) is 3.19. The van der Waals surface area contributed by atoms with E-state index in [4.69, 9.17) is 11.6 Å². The van der Waals surface area contributed by atoms with Crippen molar-refractivity contribution in [2.45, 2.75) is 12.5 Å². The lowest BCUT2D eigenvalue weighted by molar-refractivity contribution is -0.130. The number of nitrogens with zero attached hydrogens (tertiary/aromatic N) is 1. The van der Waals surface area contributed by atoms with Gasteiger partial charge in [0.2, 0.25) is 0 Å². The molecular formula is C18H15ClN2O3. The predicted octanol–water partition coefficient (Wildman–Crippen LogP) is 2.99. The number of benzene rings is 2. The number of hydrogen-bond donors (Lipinski definition) is 1. The lowest BCUT2D eigenvalue weighted by Crippen LogP contribution is -2.41. The standard InChI is InChI=1S/C18H15ClN2O3/c1-18(13-5-3-2-4-6-13)16(23)21(17(24)20-18)11-15(22)12-7-9-14(19)10-8-12/h2-10H,11H2,1H3,(H,20,24). The number of carbonyl (C=O) groups is 3. The molecule has 3 rings (SSSR count). The SMILES string of the molecule is CC1(c2ccccc2)NC(=O)N(CC(=O)c2ccc(Cl)cc2)C1=O. The number of urea groups is 1. The smallest absolute Gasteiger partial charge is 0.319 e. The Balaban J connectivity index is 1.82. The Morgan fingerprint density at radius 1 is 1.08 bits per heavy atom. The van der Waals surface area contributed by atoms with Crippen LogP contribution in [0, 0.1) is 0 Å². The van der Waals surface area contributed by atoms with Crippen molar-refractivity contribution in [3.8, 4) is 0 Å². The number of carbonyl (C=O) groups excluding carboxylic acids is 3. The van der Waals surface area contributed by atoms with E-state index in [-0.39, 0.29) is 12.3 Å². The molecule has 1 saturated heterocycles. The molecule has 2 aromatic carbocycles. The number of imide groups is 1. The van der Waals surface area contributed by atoms with Gasteiger partial charge >= 0.3 is 6.03 Å². The van der Waals surface area contributed by atoms with Crippen LogP contribution in [0.4, 0.5) is 4.79 Å². The van der Waals surface area contributed by atoms with Crippen LogP contribution in [0.1, 0.15) is 22.8 Å². The fraction of sp³-hybridized carbons (Fsp3) is 0.167. The molecule has 0 radical (unpaired) electrons. The van der Waals surface area contributed by atoms with Crippen LogP contribution in [-0.4, -0.2) is 29.2 Å². The van der Waals surface area contributed by atoms with E-state index in [1.807, 2.05) is 6.07 Å². The molecule has 6 heteroatoms. The number of Topliss-reactive ketones (excluding diaryl/α,β-unsaturated/α-hetero) is 1. The molecule has 0 aromatic heterocycles. The number of amides is 3. The zero-order chi connectivity index (χ0) is 17.3. The van der Waals surface area contributed by atoms with Crippen LogP contribution in [0.5, 0.6) is 0 Å². The minimum absolute atomic E-state index is 0.311. The normalized spacial score (nSPS) is 20.2. The Bertz CT molecular complexity index is 805. The summed E-state index contributed by atoms with van der Waals surface area (Å²) < 4.78 is 0. The van der Waals surface area contributed by atoms with Gasteiger partial charge in [0, 0.05) is 10.6 Å². The van der Waals surface area contributed by atoms with Gasteiger partial charge < -0.3 is 5.32 Å². The van der Waals surface area contributed by atoms with Gasteiger partial charge in [0.05, 0.1) is 6.54 Å². The molecule has 0 spiro atoms. The Hall–Kier alpha value is -2.66. The van der Waals surface area contributed by atoms with E-state index in [2.05, 4.69) is 5.32 Å². The Labute approximate surface area is 144 Å². The lowest BCUT2D eigenvalue weighted by atomic mass is 9.92. The maximum absolute atomic E-state index is 12.7. The van der Waals surface area contributed by atoms with Crippen LogP contribution in [0.25, 0.3) is 0 Å². The minimum Gasteiger partial charge on any atom is -0.319 e. The molecule has 1 N–H and O–H groups in total. The largest absolute Gasteiger partial charge is 0.325 e. The van der Waals surface area contributed by atoms with Crippen LogP contribution in [0.3, 0.4) is 0 Å². The molecule has 1 unspecified atom stereocenters. The molecule has 24 heavy (non-hydrogen) atoms. The molecule has 5 nitrogen and oxygen atoms in total. The molecule has 1 fully saturated rings. The van der Waals surface area contributed by atoms with Crippen molar-refractivity contribution in [2.75, 3.05) is 6.54 Å². The first-order chi connectivity index (χ1) is 11.4. The topological polar surface area (TPSA) is 66.5 Å². The first-order valence-corrected chi connectivity index (χ1v) is 7.78. The Kier molecular flexibility index (Phi) is 4.11. The first kappa shape index (κ1) is 16.2. The molecular weight excluding hydrogens is 328 g/mol. The fourth-order valence-electron chi connectivity index (χ4n) is 2.68. The van der Waals surface area contributed by atoms with Crippen molar-refractivity contribution in [2.24, 2.45) is 0 Å². The van der Waals surface area contributed by atoms with E-state index >= 15 is 0 Å². The molecule has 1 heterocycles. The first-order valence-electron chi connectivity index (χ1n) is 7.40. The average Bonchev–Trinajstić information content (AvgIpc) is 2.80. The van der Waals surface area contributed by atoms with Gasteiger partial charge in [-0.2, -0.15) is 0 Å². The van der Waals surface area contributed by atoms with Crippen LogP contribution in [0.15, 0.2) is 54.6 Å². The number of ketones is 1. The second-order valence-electron chi connectivity index (χ2n) is 5.74. The molecule has 1 atom stereocenters. The van der Waals surface area contributed by atoms with E-state index in [1.54, 1.807) is 55.5 Å². The van der Waals surface area contributed by atoms with E-state index < -0.39 is 17.5 Å². The zero-order valence-corrected chi connectivity index (χ0v) is 13.7. The van der Waals surface area contributed by atoms with Gasteiger partial charge in [-0.05, 0) is 36.8 Å². The number of rotatable bonds is 4. The molecule has 0 aliphatic carbocycles. The van der Waals surface area contributed by atoms with Crippen LogP contribution >= 0.6 is 11.6 Å². The quantitative estimate of drug-likeness (QED) is 0.686. The third-order valence-electron chi connectivity index (χ3n) is 4.09. The molecule has 122 valence electrons. The van der Waals surface area contributed by atoms with Crippen molar-refractivity contribution in [3.63, 3.8) is 0 Å². The van der Waals surface area contributed by atoms with Crippen molar-refractivity contribution in [3.05, 3.63) is 70.7 Å². The monoisotopic (exact) mass is 342 g/mol. The maximum atomic E-state index is 12.7. The van der Waals surface area contributed by atoms with Crippen molar-refractivity contribution in [1.29, 1.82) is 0 Å². The molecule has 3 amide bonds. The van der Waals surface area contributed by atoms with E-state index in [0.717, 1.165) is 4.90 Å². The van der Waals surface area contributed by atoms with Gasteiger partial charge in [-0.3, -0.25) is 14.5 Å². The predicted molar refractivity (Wildman–Crippen MR) is 89.8 cm³/mol. The summed E-state index contributed by atoms with van der Waals surface area (Å²) in [6, 6.07) is 14.7. The zero-order valence-electron chi connectivity index (χ0n) is 13.0. The fourth-order valence-corrected chi connectivity index (χ4v) is 2.80. The molecule has 0 bridgehead atoms. The summed E-state index contributed by atoms with van der Waals surface area (Å²) >= 11 is 5.80. The van der Waals surface area contributed by atoms with Gasteiger partial charge in [0.1, 0.15) is 5.54 Å². The van der Waals surface area contributed by atoms with Gasteiger partial charge in [0.15, 0.2) is 5.78 Å². The highest BCUT2D eigenvalue weighted by atomic mass is 35.5. The second-order valence-corrected chi connectivity index (χ2v) is 6.18. The highest BCUT2D eigenvalue weighted by Gasteiger charge is 2.49. The summed E-state index contributed by atoms with van der Waals surface area (Å²) in [6.45, 7) is 1.32. The average molecular weight is 343 g/mol. The van der Waals surface area contributed by atoms with Gasteiger partial charge in [0.25, 0.3) is 5.91 Å². The molecule has 1 aliphatic rings. The number of halogens is 1. The highest BCUT2D eigenvalue weighted by Crippen LogP contribution is 2.28. The molecule has 1 aliphatic heterocycles. The summed E-state index contributed by atoms with van der Waals surface area (Å²) in [5.41, 5.74) is -0.100. The van der Waals surface area contributed by atoms with E-state index in [0.29, 0.717) is 16.1 Å². The minimum atomic E-state index is -1.17. The third kappa shape index (κ3) is 2.78. The third-order valence-corrected chi connectivity index (χ3v) is 4.35. The van der Waals surface area contributed by atoms with E-state index in [9.17, 15) is 14.4 Å². The van der Waals surface area contributed by atoms with E-state index in [1.165, 1.54) is 0 Å². The lowest BCUT2D eigenvalue weighted by Gasteiger charge is -2.22.